The van der Waals surface area contributed by atoms with Gasteiger partial charge in [-0.05, 0) is 49.5 Å². The van der Waals surface area contributed by atoms with Gasteiger partial charge in [0.2, 0.25) is 0 Å². The minimum atomic E-state index is 0.198. The number of pyridine rings is 2. The van der Waals surface area contributed by atoms with E-state index >= 15 is 0 Å². The molecule has 0 radical (unpaired) electrons. The quantitative estimate of drug-likeness (QED) is 0.782. The molecule has 0 bridgehead atoms. The molecule has 2 heterocycles. The second-order valence-corrected chi connectivity index (χ2v) is 5.71. The van der Waals surface area contributed by atoms with Crippen LogP contribution in [0.2, 0.25) is 0 Å². The number of nitriles is 1. The highest BCUT2D eigenvalue weighted by Crippen LogP contribution is 2.32. The third-order valence-electron chi connectivity index (χ3n) is 4.03. The van der Waals surface area contributed by atoms with Gasteiger partial charge >= 0.3 is 0 Å². The number of aromatic nitrogens is 2. The first-order valence-electron chi connectivity index (χ1n) is 8.03. The predicted molar refractivity (Wildman–Crippen MR) is 91.4 cm³/mol. The van der Waals surface area contributed by atoms with Crippen molar-refractivity contribution in [3.8, 4) is 17.7 Å². The number of hydrogen-bond acceptors (Lipinski definition) is 5. The summed E-state index contributed by atoms with van der Waals surface area (Å²) in [6.45, 7) is 0. The van der Waals surface area contributed by atoms with E-state index in [2.05, 4.69) is 16.0 Å². The molecular formula is C19H19N3O2. The van der Waals surface area contributed by atoms with Crippen molar-refractivity contribution in [3.63, 3.8) is 0 Å². The summed E-state index contributed by atoms with van der Waals surface area (Å²) in [5.74, 6) is 1.04. The molecular weight excluding hydrogens is 302 g/mol. The maximum absolute atomic E-state index is 9.50. The summed E-state index contributed by atoms with van der Waals surface area (Å²) in [4.78, 5) is 8.36. The molecule has 0 aromatic carbocycles. The van der Waals surface area contributed by atoms with Crippen LogP contribution in [0.25, 0.3) is 11.6 Å². The highest BCUT2D eigenvalue weighted by molar-refractivity contribution is 5.89. The van der Waals surface area contributed by atoms with Gasteiger partial charge in [-0.2, -0.15) is 5.26 Å². The summed E-state index contributed by atoms with van der Waals surface area (Å²) in [6, 6.07) is 7.79. The van der Waals surface area contributed by atoms with E-state index in [1.54, 1.807) is 31.8 Å². The standard InChI is InChI=1S/C19H19N3O2/c1-23-19-18(24-17-6-2-3-7-17)10-16(13-22-19)15(11-20)9-14-5-4-8-21-12-14/h4-5,8-10,12-13,17H,2-3,6-7H2,1H3/b15-9+. The number of hydrogen-bond donors (Lipinski definition) is 0. The van der Waals surface area contributed by atoms with Crippen LogP contribution in [-0.4, -0.2) is 23.2 Å². The van der Waals surface area contributed by atoms with Crippen molar-refractivity contribution in [2.75, 3.05) is 7.11 Å². The van der Waals surface area contributed by atoms with Gasteiger partial charge in [0.15, 0.2) is 5.75 Å². The fraction of sp³-hybridized carbons (Fsp3) is 0.316. The fourth-order valence-corrected chi connectivity index (χ4v) is 2.81. The molecule has 24 heavy (non-hydrogen) atoms. The van der Waals surface area contributed by atoms with E-state index in [0.717, 1.165) is 18.4 Å². The monoisotopic (exact) mass is 321 g/mol. The molecule has 2 aromatic rings. The lowest BCUT2D eigenvalue weighted by atomic mass is 10.1. The molecule has 0 spiro atoms. The maximum Gasteiger partial charge on any atom is 0.256 e. The number of ether oxygens (including phenoxy) is 2. The molecule has 0 atom stereocenters. The molecule has 1 aliphatic rings. The SMILES string of the molecule is COc1ncc(/C(C#N)=C/c2cccnc2)cc1OC1CCCC1. The van der Waals surface area contributed by atoms with Crippen LogP contribution in [-0.2, 0) is 0 Å². The molecule has 0 aliphatic heterocycles. The van der Waals surface area contributed by atoms with Gasteiger partial charge in [-0.3, -0.25) is 4.98 Å². The molecule has 5 nitrogen and oxygen atoms in total. The molecule has 1 aliphatic carbocycles. The molecule has 3 rings (SSSR count). The van der Waals surface area contributed by atoms with Crippen LogP contribution < -0.4 is 9.47 Å². The van der Waals surface area contributed by atoms with Crippen LogP contribution >= 0.6 is 0 Å². The first-order valence-corrected chi connectivity index (χ1v) is 8.03. The second kappa shape index (κ2) is 7.60. The first-order chi connectivity index (χ1) is 11.8. The minimum Gasteiger partial charge on any atom is -0.485 e. The molecule has 122 valence electrons. The minimum absolute atomic E-state index is 0.198. The van der Waals surface area contributed by atoms with Crippen molar-refractivity contribution in [2.24, 2.45) is 0 Å². The zero-order chi connectivity index (χ0) is 16.8. The molecule has 2 aromatic heterocycles. The summed E-state index contributed by atoms with van der Waals surface area (Å²) < 4.78 is 11.3. The Balaban J connectivity index is 1.92. The van der Waals surface area contributed by atoms with Gasteiger partial charge in [0.25, 0.3) is 5.88 Å². The van der Waals surface area contributed by atoms with E-state index in [1.807, 2.05) is 18.2 Å². The summed E-state index contributed by atoms with van der Waals surface area (Å²) in [7, 11) is 1.57. The lowest BCUT2D eigenvalue weighted by Crippen LogP contribution is -2.12. The summed E-state index contributed by atoms with van der Waals surface area (Å²) in [5, 5.41) is 9.50. The Hall–Kier alpha value is -2.87. The van der Waals surface area contributed by atoms with Gasteiger partial charge in [-0.1, -0.05) is 6.07 Å². The van der Waals surface area contributed by atoms with Crippen molar-refractivity contribution in [1.82, 2.24) is 9.97 Å². The Kier molecular flexibility index (Phi) is 5.07. The molecule has 0 unspecified atom stereocenters. The molecule has 5 heteroatoms. The maximum atomic E-state index is 9.50. The third kappa shape index (κ3) is 3.72. The van der Waals surface area contributed by atoms with Crippen LogP contribution in [0, 0.1) is 11.3 Å². The van der Waals surface area contributed by atoms with E-state index < -0.39 is 0 Å². The third-order valence-corrected chi connectivity index (χ3v) is 4.03. The molecule has 0 saturated heterocycles. The van der Waals surface area contributed by atoms with E-state index in [1.165, 1.54) is 12.8 Å². The average Bonchev–Trinajstić information content (AvgIpc) is 3.13. The zero-order valence-corrected chi connectivity index (χ0v) is 13.6. The number of allylic oxidation sites excluding steroid dienone is 1. The second-order valence-electron chi connectivity index (χ2n) is 5.71. The van der Waals surface area contributed by atoms with E-state index in [9.17, 15) is 5.26 Å². The first kappa shape index (κ1) is 16.0. The fourth-order valence-electron chi connectivity index (χ4n) is 2.81. The van der Waals surface area contributed by atoms with Gasteiger partial charge in [0.05, 0.1) is 24.9 Å². The highest BCUT2D eigenvalue weighted by atomic mass is 16.5. The van der Waals surface area contributed by atoms with Crippen LogP contribution in [0.15, 0.2) is 36.8 Å². The lowest BCUT2D eigenvalue weighted by Gasteiger charge is -2.15. The predicted octanol–water partition coefficient (Wildman–Crippen LogP) is 3.87. The van der Waals surface area contributed by atoms with Crippen molar-refractivity contribution >= 4 is 11.6 Å². The average molecular weight is 321 g/mol. The van der Waals surface area contributed by atoms with E-state index in [0.29, 0.717) is 22.8 Å². The molecule has 0 N–H and O–H groups in total. The van der Waals surface area contributed by atoms with E-state index in [-0.39, 0.29) is 6.10 Å². The van der Waals surface area contributed by atoms with Crippen LogP contribution in [0.5, 0.6) is 11.6 Å². The van der Waals surface area contributed by atoms with Crippen LogP contribution in [0.1, 0.15) is 36.8 Å². The van der Waals surface area contributed by atoms with Crippen LogP contribution in [0.4, 0.5) is 0 Å². The summed E-state index contributed by atoms with van der Waals surface area (Å²) in [6.07, 6.45) is 11.5. The van der Waals surface area contributed by atoms with Crippen molar-refractivity contribution in [2.45, 2.75) is 31.8 Å². The van der Waals surface area contributed by atoms with Crippen molar-refractivity contribution < 1.29 is 9.47 Å². The van der Waals surface area contributed by atoms with Gasteiger partial charge in [-0.25, -0.2) is 4.98 Å². The Morgan fingerprint density at radius 1 is 1.33 bits per heavy atom. The Morgan fingerprint density at radius 3 is 2.83 bits per heavy atom. The number of rotatable bonds is 5. The van der Waals surface area contributed by atoms with Gasteiger partial charge in [-0.15, -0.1) is 0 Å². The Bertz CT molecular complexity index is 760. The van der Waals surface area contributed by atoms with E-state index in [4.69, 9.17) is 9.47 Å². The number of methoxy groups -OCH3 is 1. The lowest BCUT2D eigenvalue weighted by molar-refractivity contribution is 0.198. The summed E-state index contributed by atoms with van der Waals surface area (Å²) in [5.41, 5.74) is 2.08. The largest absolute Gasteiger partial charge is 0.485 e. The smallest absolute Gasteiger partial charge is 0.256 e. The molecule has 0 amide bonds. The van der Waals surface area contributed by atoms with Gasteiger partial charge in [0, 0.05) is 24.2 Å². The van der Waals surface area contributed by atoms with Gasteiger partial charge < -0.3 is 9.47 Å². The zero-order valence-electron chi connectivity index (χ0n) is 13.6. The summed E-state index contributed by atoms with van der Waals surface area (Å²) >= 11 is 0. The number of nitrogens with zero attached hydrogens (tertiary/aromatic N) is 3. The van der Waals surface area contributed by atoms with Crippen molar-refractivity contribution in [1.29, 1.82) is 5.26 Å². The highest BCUT2D eigenvalue weighted by Gasteiger charge is 2.19. The Labute approximate surface area is 141 Å². The normalized spacial score (nSPS) is 15.1. The Morgan fingerprint density at radius 2 is 2.17 bits per heavy atom. The topological polar surface area (TPSA) is 68.0 Å². The molecule has 1 saturated carbocycles. The van der Waals surface area contributed by atoms with Crippen molar-refractivity contribution in [3.05, 3.63) is 47.9 Å². The van der Waals surface area contributed by atoms with Crippen LogP contribution in [0.3, 0.4) is 0 Å². The van der Waals surface area contributed by atoms with Gasteiger partial charge in [0.1, 0.15) is 0 Å². The molecule has 1 fully saturated rings.